The molecule has 2 saturated heterocycles. The molecule has 2 bridgehead atoms. The SMILES string of the molecule is CC(C)[N+]1(C)C2CCCC1C(OC(=O)C(CO)c1ccccc1)C2. The lowest BCUT2D eigenvalue weighted by molar-refractivity contribution is -0.968. The average Bonchev–Trinajstić information content (AvgIpc) is 2.72. The highest BCUT2D eigenvalue weighted by atomic mass is 16.5. The van der Waals surface area contributed by atoms with Crippen LogP contribution in [0.25, 0.3) is 0 Å². The number of hydrogen-bond acceptors (Lipinski definition) is 3. The molecule has 132 valence electrons. The quantitative estimate of drug-likeness (QED) is 0.666. The highest BCUT2D eigenvalue weighted by Crippen LogP contribution is 2.44. The minimum Gasteiger partial charge on any atom is -0.455 e. The van der Waals surface area contributed by atoms with Gasteiger partial charge >= 0.3 is 5.97 Å². The zero-order valence-electron chi connectivity index (χ0n) is 15.0. The Hall–Kier alpha value is -1.39. The maximum atomic E-state index is 12.7. The van der Waals surface area contributed by atoms with E-state index in [1.54, 1.807) is 0 Å². The summed E-state index contributed by atoms with van der Waals surface area (Å²) in [4.78, 5) is 12.7. The van der Waals surface area contributed by atoms with E-state index in [1.165, 1.54) is 12.8 Å². The van der Waals surface area contributed by atoms with Crippen molar-refractivity contribution < 1.29 is 19.1 Å². The largest absolute Gasteiger partial charge is 0.455 e. The fraction of sp³-hybridized carbons (Fsp3) is 0.650. The molecule has 1 N–H and O–H groups in total. The van der Waals surface area contributed by atoms with Crippen molar-refractivity contribution in [2.75, 3.05) is 13.7 Å². The molecule has 1 aromatic rings. The van der Waals surface area contributed by atoms with Crippen molar-refractivity contribution >= 4 is 5.97 Å². The van der Waals surface area contributed by atoms with Crippen LogP contribution in [0.5, 0.6) is 0 Å². The zero-order valence-corrected chi connectivity index (χ0v) is 15.0. The number of aliphatic hydroxyl groups is 1. The number of likely N-dealkylation sites (N-methyl/N-ethyl adjacent to an activating group) is 1. The van der Waals surface area contributed by atoms with E-state index in [1.807, 2.05) is 30.3 Å². The lowest BCUT2D eigenvalue weighted by Gasteiger charge is -2.48. The van der Waals surface area contributed by atoms with Crippen LogP contribution < -0.4 is 0 Å². The molecule has 0 saturated carbocycles. The van der Waals surface area contributed by atoms with Crippen LogP contribution in [0, 0.1) is 0 Å². The first-order valence-electron chi connectivity index (χ1n) is 9.20. The van der Waals surface area contributed by atoms with Gasteiger partial charge in [0.05, 0.1) is 25.7 Å². The molecule has 0 aliphatic carbocycles. The third kappa shape index (κ3) is 2.86. The molecule has 0 aromatic heterocycles. The van der Waals surface area contributed by atoms with Crippen molar-refractivity contribution in [3.63, 3.8) is 0 Å². The molecule has 1 aromatic carbocycles. The van der Waals surface area contributed by atoms with Gasteiger partial charge in [-0.3, -0.25) is 4.79 Å². The lowest BCUT2D eigenvalue weighted by Crippen LogP contribution is -2.61. The lowest BCUT2D eigenvalue weighted by atomic mass is 9.97. The van der Waals surface area contributed by atoms with Crippen LogP contribution in [0.4, 0.5) is 0 Å². The van der Waals surface area contributed by atoms with Gasteiger partial charge < -0.3 is 14.3 Å². The van der Waals surface area contributed by atoms with Gasteiger partial charge in [-0.25, -0.2) is 0 Å². The number of rotatable bonds is 5. The Morgan fingerprint density at radius 1 is 1.29 bits per heavy atom. The Morgan fingerprint density at radius 3 is 2.58 bits per heavy atom. The van der Waals surface area contributed by atoms with Crippen LogP contribution in [-0.4, -0.2) is 53.4 Å². The second-order valence-electron chi connectivity index (χ2n) is 7.82. The smallest absolute Gasteiger partial charge is 0.316 e. The van der Waals surface area contributed by atoms with Crippen LogP contribution in [0.15, 0.2) is 30.3 Å². The number of piperidine rings is 1. The molecule has 2 aliphatic heterocycles. The second kappa shape index (κ2) is 6.85. The number of benzene rings is 1. The molecule has 4 nitrogen and oxygen atoms in total. The predicted octanol–water partition coefficient (Wildman–Crippen LogP) is 2.85. The highest BCUT2D eigenvalue weighted by Gasteiger charge is 2.57. The maximum Gasteiger partial charge on any atom is 0.316 e. The minimum atomic E-state index is -0.579. The number of carbonyl (C=O) groups is 1. The van der Waals surface area contributed by atoms with E-state index >= 15 is 0 Å². The number of hydrogen-bond donors (Lipinski definition) is 1. The average molecular weight is 332 g/mol. The Labute approximate surface area is 145 Å². The molecule has 2 fully saturated rings. The molecule has 2 heterocycles. The number of carbonyl (C=O) groups excluding carboxylic acids is 1. The number of aliphatic hydroxyl groups excluding tert-OH is 1. The summed E-state index contributed by atoms with van der Waals surface area (Å²) in [6.07, 6.45) is 4.51. The van der Waals surface area contributed by atoms with Crippen molar-refractivity contribution in [2.24, 2.45) is 0 Å². The standard InChI is InChI=1S/C20H30NO3/c1-14(2)21(3)16-10-7-11-18(21)19(12-16)24-20(23)17(13-22)15-8-5-4-6-9-15/h4-6,8-9,14,16-19,22H,7,10-13H2,1-3H3/q+1. The Morgan fingerprint density at radius 2 is 2.00 bits per heavy atom. The van der Waals surface area contributed by atoms with Gasteiger partial charge in [-0.1, -0.05) is 30.3 Å². The van der Waals surface area contributed by atoms with E-state index in [-0.39, 0.29) is 18.7 Å². The fourth-order valence-electron chi connectivity index (χ4n) is 4.87. The molecule has 4 heteroatoms. The van der Waals surface area contributed by atoms with Gasteiger partial charge in [-0.15, -0.1) is 0 Å². The number of quaternary nitrogens is 1. The monoisotopic (exact) mass is 332 g/mol. The molecule has 3 rings (SSSR count). The molecule has 2 aliphatic rings. The number of ether oxygens (including phenoxy) is 1. The van der Waals surface area contributed by atoms with E-state index in [0.717, 1.165) is 22.9 Å². The second-order valence-corrected chi connectivity index (χ2v) is 7.82. The van der Waals surface area contributed by atoms with Gasteiger partial charge in [0.25, 0.3) is 0 Å². The van der Waals surface area contributed by atoms with Crippen LogP contribution in [0.2, 0.25) is 0 Å². The van der Waals surface area contributed by atoms with Gasteiger partial charge in [0, 0.05) is 12.8 Å². The van der Waals surface area contributed by atoms with Crippen molar-refractivity contribution in [3.8, 4) is 0 Å². The first kappa shape index (κ1) is 17.4. The molecule has 0 amide bonds. The van der Waals surface area contributed by atoms with Crippen LogP contribution >= 0.6 is 0 Å². The number of fused-ring (bicyclic) bond motifs is 2. The first-order chi connectivity index (χ1) is 11.5. The summed E-state index contributed by atoms with van der Waals surface area (Å²) in [6.45, 7) is 4.34. The predicted molar refractivity (Wildman–Crippen MR) is 93.5 cm³/mol. The Bertz CT molecular complexity index is 574. The van der Waals surface area contributed by atoms with Crippen molar-refractivity contribution in [1.82, 2.24) is 0 Å². The van der Waals surface area contributed by atoms with E-state index in [0.29, 0.717) is 18.1 Å². The minimum absolute atomic E-state index is 0.0184. The summed E-state index contributed by atoms with van der Waals surface area (Å²) in [5.41, 5.74) is 0.826. The molecule has 5 atom stereocenters. The van der Waals surface area contributed by atoms with E-state index < -0.39 is 5.92 Å². The molecule has 5 unspecified atom stereocenters. The van der Waals surface area contributed by atoms with E-state index in [2.05, 4.69) is 20.9 Å². The molecular weight excluding hydrogens is 302 g/mol. The van der Waals surface area contributed by atoms with Crippen molar-refractivity contribution in [2.45, 2.75) is 69.7 Å². The summed E-state index contributed by atoms with van der Waals surface area (Å²) >= 11 is 0. The van der Waals surface area contributed by atoms with Gasteiger partial charge in [0.1, 0.15) is 12.0 Å². The van der Waals surface area contributed by atoms with Gasteiger partial charge in [0.15, 0.2) is 6.10 Å². The zero-order chi connectivity index (χ0) is 17.3. The molecule has 24 heavy (non-hydrogen) atoms. The van der Waals surface area contributed by atoms with Gasteiger partial charge in [0.2, 0.25) is 0 Å². The number of esters is 1. The number of nitrogens with zero attached hydrogens (tertiary/aromatic N) is 1. The van der Waals surface area contributed by atoms with E-state index in [9.17, 15) is 9.90 Å². The van der Waals surface area contributed by atoms with Gasteiger partial charge in [-0.2, -0.15) is 0 Å². The van der Waals surface area contributed by atoms with Crippen molar-refractivity contribution in [1.29, 1.82) is 0 Å². The van der Waals surface area contributed by atoms with Crippen molar-refractivity contribution in [3.05, 3.63) is 35.9 Å². The third-order valence-corrected chi connectivity index (χ3v) is 6.52. The Kier molecular flexibility index (Phi) is 4.97. The van der Waals surface area contributed by atoms with Gasteiger partial charge in [-0.05, 0) is 32.3 Å². The van der Waals surface area contributed by atoms with E-state index in [4.69, 9.17) is 4.74 Å². The normalized spacial score (nSPS) is 33.5. The topological polar surface area (TPSA) is 46.5 Å². The van der Waals surface area contributed by atoms with Crippen LogP contribution in [0.1, 0.15) is 51.0 Å². The summed E-state index contributed by atoms with van der Waals surface area (Å²) in [7, 11) is 2.33. The molecule has 0 radical (unpaired) electrons. The fourth-order valence-corrected chi connectivity index (χ4v) is 4.87. The first-order valence-corrected chi connectivity index (χ1v) is 9.20. The summed E-state index contributed by atoms with van der Waals surface area (Å²) < 4.78 is 6.98. The summed E-state index contributed by atoms with van der Waals surface area (Å²) in [5.74, 6) is -0.860. The maximum absolute atomic E-state index is 12.7. The highest BCUT2D eigenvalue weighted by molar-refractivity contribution is 5.78. The Balaban J connectivity index is 1.75. The third-order valence-electron chi connectivity index (χ3n) is 6.52. The summed E-state index contributed by atoms with van der Waals surface area (Å²) in [5, 5.41) is 9.70. The molecule has 0 spiro atoms. The van der Waals surface area contributed by atoms with Crippen LogP contribution in [0.3, 0.4) is 0 Å². The summed E-state index contributed by atoms with van der Waals surface area (Å²) in [6, 6.07) is 11.0. The van der Waals surface area contributed by atoms with Crippen LogP contribution in [-0.2, 0) is 9.53 Å². The molecular formula is C20H30NO3+.